The number of likely N-dealkylation sites (N-methyl/N-ethyl adjacent to an activating group) is 1. The van der Waals surface area contributed by atoms with E-state index < -0.39 is 23.5 Å². The Morgan fingerprint density at radius 2 is 1.70 bits per heavy atom. The lowest BCUT2D eigenvalue weighted by atomic mass is 9.98. The van der Waals surface area contributed by atoms with Crippen LogP contribution in [0.1, 0.15) is 17.2 Å². The Balaban J connectivity index is 2.31. The normalized spacial score (nSPS) is 12.4. The highest BCUT2D eigenvalue weighted by molar-refractivity contribution is 6.31. The third-order valence-electron chi connectivity index (χ3n) is 3.12. The zero-order valence-corrected chi connectivity index (χ0v) is 11.5. The Morgan fingerprint density at radius 1 is 1.05 bits per heavy atom. The van der Waals surface area contributed by atoms with Crippen LogP contribution in [0.25, 0.3) is 0 Å². The first-order chi connectivity index (χ1) is 9.51. The second-order valence-electron chi connectivity index (χ2n) is 4.45. The zero-order chi connectivity index (χ0) is 14.7. The van der Waals surface area contributed by atoms with Gasteiger partial charge in [0.15, 0.2) is 0 Å². The van der Waals surface area contributed by atoms with E-state index in [0.29, 0.717) is 12.0 Å². The number of halogens is 4. The highest BCUT2D eigenvalue weighted by Gasteiger charge is 2.17. The average Bonchev–Trinajstić information content (AvgIpc) is 2.41. The fourth-order valence-corrected chi connectivity index (χ4v) is 2.30. The summed E-state index contributed by atoms with van der Waals surface area (Å²) in [5.41, 5.74) is 0.879. The summed E-state index contributed by atoms with van der Waals surface area (Å²) in [5, 5.41) is 3.18. The molecule has 0 aliphatic carbocycles. The molecule has 1 nitrogen and oxygen atoms in total. The van der Waals surface area contributed by atoms with Crippen LogP contribution < -0.4 is 5.32 Å². The van der Waals surface area contributed by atoms with Crippen molar-refractivity contribution in [3.05, 3.63) is 70.0 Å². The first kappa shape index (κ1) is 14.9. The Labute approximate surface area is 120 Å². The molecule has 0 aliphatic rings. The van der Waals surface area contributed by atoms with Crippen LogP contribution in [0.4, 0.5) is 13.2 Å². The van der Waals surface area contributed by atoms with E-state index in [1.54, 1.807) is 13.1 Å². The van der Waals surface area contributed by atoms with Crippen molar-refractivity contribution >= 4 is 11.6 Å². The van der Waals surface area contributed by atoms with Crippen LogP contribution in [0, 0.1) is 17.5 Å². The first-order valence-electron chi connectivity index (χ1n) is 6.07. The van der Waals surface area contributed by atoms with Crippen LogP contribution in [0.15, 0.2) is 36.4 Å². The van der Waals surface area contributed by atoms with Crippen molar-refractivity contribution in [3.8, 4) is 0 Å². The summed E-state index contributed by atoms with van der Waals surface area (Å²) < 4.78 is 40.0. The molecular formula is C15H13ClF3N. The van der Waals surface area contributed by atoms with Crippen molar-refractivity contribution in [1.29, 1.82) is 0 Å². The molecule has 5 heteroatoms. The van der Waals surface area contributed by atoms with Crippen molar-refractivity contribution in [2.24, 2.45) is 0 Å². The highest BCUT2D eigenvalue weighted by atomic mass is 35.5. The third kappa shape index (κ3) is 3.32. The van der Waals surface area contributed by atoms with Gasteiger partial charge in [0, 0.05) is 16.6 Å². The van der Waals surface area contributed by atoms with Gasteiger partial charge in [-0.15, -0.1) is 0 Å². The third-order valence-corrected chi connectivity index (χ3v) is 3.47. The van der Waals surface area contributed by atoms with Gasteiger partial charge in [-0.2, -0.15) is 0 Å². The van der Waals surface area contributed by atoms with Gasteiger partial charge < -0.3 is 5.32 Å². The van der Waals surface area contributed by atoms with E-state index in [9.17, 15) is 13.2 Å². The van der Waals surface area contributed by atoms with Gasteiger partial charge in [0.1, 0.15) is 17.5 Å². The van der Waals surface area contributed by atoms with Crippen LogP contribution in [-0.4, -0.2) is 7.05 Å². The minimum Gasteiger partial charge on any atom is -0.313 e. The molecule has 0 amide bonds. The molecule has 0 radical (unpaired) electrons. The van der Waals surface area contributed by atoms with Crippen molar-refractivity contribution < 1.29 is 13.2 Å². The van der Waals surface area contributed by atoms with Crippen LogP contribution in [0.2, 0.25) is 5.02 Å². The molecule has 2 aromatic rings. The Hall–Kier alpha value is -1.52. The number of benzene rings is 2. The summed E-state index contributed by atoms with van der Waals surface area (Å²) in [7, 11) is 1.65. The van der Waals surface area contributed by atoms with Crippen molar-refractivity contribution in [2.75, 3.05) is 7.05 Å². The highest BCUT2D eigenvalue weighted by Crippen LogP contribution is 2.26. The zero-order valence-electron chi connectivity index (χ0n) is 10.8. The van der Waals surface area contributed by atoms with Gasteiger partial charge in [0.25, 0.3) is 0 Å². The van der Waals surface area contributed by atoms with Gasteiger partial charge in [-0.3, -0.25) is 0 Å². The van der Waals surface area contributed by atoms with Crippen LogP contribution in [0.5, 0.6) is 0 Å². The topological polar surface area (TPSA) is 12.0 Å². The van der Waals surface area contributed by atoms with Gasteiger partial charge in [-0.1, -0.05) is 17.7 Å². The second-order valence-corrected chi connectivity index (χ2v) is 4.85. The summed E-state index contributed by atoms with van der Waals surface area (Å²) >= 11 is 5.95. The maximum Gasteiger partial charge on any atom is 0.128 e. The Bertz CT molecular complexity index is 616. The van der Waals surface area contributed by atoms with Crippen molar-refractivity contribution in [2.45, 2.75) is 12.5 Å². The molecular weight excluding hydrogens is 287 g/mol. The smallest absolute Gasteiger partial charge is 0.128 e. The first-order valence-corrected chi connectivity index (χ1v) is 6.45. The molecule has 0 aromatic heterocycles. The monoisotopic (exact) mass is 299 g/mol. The molecule has 1 atom stereocenters. The second kappa shape index (κ2) is 6.29. The lowest BCUT2D eigenvalue weighted by Gasteiger charge is -2.18. The molecule has 1 N–H and O–H groups in total. The fraction of sp³-hybridized carbons (Fsp3) is 0.200. The Kier molecular flexibility index (Phi) is 4.68. The molecule has 0 bridgehead atoms. The molecule has 106 valence electrons. The van der Waals surface area contributed by atoms with Gasteiger partial charge in [-0.25, -0.2) is 13.2 Å². The number of hydrogen-bond acceptors (Lipinski definition) is 1. The lowest BCUT2D eigenvalue weighted by Crippen LogP contribution is -2.20. The molecule has 1 unspecified atom stereocenters. The molecule has 0 fully saturated rings. The summed E-state index contributed by atoms with van der Waals surface area (Å²) in [6.45, 7) is 0. The van der Waals surface area contributed by atoms with Gasteiger partial charge in [-0.05, 0) is 49.4 Å². The van der Waals surface area contributed by atoms with E-state index in [2.05, 4.69) is 5.32 Å². The molecule has 0 spiro atoms. The summed E-state index contributed by atoms with van der Waals surface area (Å²) in [6, 6.07) is 6.88. The van der Waals surface area contributed by atoms with E-state index in [-0.39, 0.29) is 10.6 Å². The molecule has 0 aliphatic heterocycles. The van der Waals surface area contributed by atoms with Gasteiger partial charge >= 0.3 is 0 Å². The summed E-state index contributed by atoms with van der Waals surface area (Å²) in [5.74, 6) is -1.44. The molecule has 0 saturated carbocycles. The van der Waals surface area contributed by atoms with Gasteiger partial charge in [0.05, 0.1) is 0 Å². The maximum atomic E-state index is 13.8. The number of hydrogen-bond donors (Lipinski definition) is 1. The minimum atomic E-state index is -0.508. The van der Waals surface area contributed by atoms with Gasteiger partial charge in [0.2, 0.25) is 0 Å². The molecule has 2 rings (SSSR count). The standard InChI is InChI=1S/C15H13ClF3N/c1-20-15(12-7-10(17)4-5-14(12)19)6-9-2-3-11(18)8-13(9)16/h2-5,7-8,15,20H,6H2,1H3. The SMILES string of the molecule is CNC(Cc1ccc(F)cc1Cl)c1cc(F)ccc1F. The van der Waals surface area contributed by atoms with Crippen molar-refractivity contribution in [1.82, 2.24) is 5.32 Å². The maximum absolute atomic E-state index is 13.8. The Morgan fingerprint density at radius 3 is 2.35 bits per heavy atom. The van der Waals surface area contributed by atoms with E-state index in [4.69, 9.17) is 11.6 Å². The fourth-order valence-electron chi connectivity index (χ4n) is 2.06. The predicted octanol–water partition coefficient (Wildman–Crippen LogP) is 4.26. The average molecular weight is 300 g/mol. The van der Waals surface area contributed by atoms with Crippen molar-refractivity contribution in [3.63, 3.8) is 0 Å². The minimum absolute atomic E-state index is 0.216. The quantitative estimate of drug-likeness (QED) is 0.889. The van der Waals surface area contributed by atoms with E-state index in [1.807, 2.05) is 0 Å². The number of rotatable bonds is 4. The molecule has 20 heavy (non-hydrogen) atoms. The van der Waals surface area contributed by atoms with E-state index in [0.717, 1.165) is 18.2 Å². The lowest BCUT2D eigenvalue weighted by molar-refractivity contribution is 0.522. The summed E-state index contributed by atoms with van der Waals surface area (Å²) in [6.07, 6.45) is 0.329. The largest absolute Gasteiger partial charge is 0.313 e. The van der Waals surface area contributed by atoms with E-state index >= 15 is 0 Å². The molecule has 0 saturated heterocycles. The van der Waals surface area contributed by atoms with Crippen LogP contribution >= 0.6 is 11.6 Å². The van der Waals surface area contributed by atoms with Crippen LogP contribution in [-0.2, 0) is 6.42 Å². The van der Waals surface area contributed by atoms with Crippen LogP contribution in [0.3, 0.4) is 0 Å². The number of nitrogens with one attached hydrogen (secondary N) is 1. The predicted molar refractivity (Wildman–Crippen MR) is 73.3 cm³/mol. The van der Waals surface area contributed by atoms with E-state index in [1.165, 1.54) is 12.1 Å². The summed E-state index contributed by atoms with van der Waals surface area (Å²) in [4.78, 5) is 0. The molecule has 0 heterocycles. The molecule has 2 aromatic carbocycles.